The first-order valence-electron chi connectivity index (χ1n) is 7.51. The fourth-order valence-electron chi connectivity index (χ4n) is 3.45. The molecule has 0 saturated carbocycles. The normalized spacial score (nSPS) is 16.1. The number of aromatic amines is 1. The molecule has 5 rings (SSSR count). The molecule has 106 valence electrons. The molecular formula is C19H15N3. The maximum Gasteiger partial charge on any atom is 0.0944 e. The lowest BCUT2D eigenvalue weighted by molar-refractivity contribution is 0.815. The SMILES string of the molecule is c1ccc2c(c1)NC(c1c[nH]c3ccccc13)c1cccn1-2. The quantitative estimate of drug-likeness (QED) is 0.531. The molecule has 2 N–H and O–H groups in total. The fourth-order valence-corrected chi connectivity index (χ4v) is 3.45. The van der Waals surface area contributed by atoms with E-state index in [-0.39, 0.29) is 6.04 Å². The van der Waals surface area contributed by atoms with Crippen LogP contribution in [0.15, 0.2) is 73.1 Å². The first-order chi connectivity index (χ1) is 10.9. The average Bonchev–Trinajstić information content (AvgIpc) is 3.21. The molecule has 0 aliphatic carbocycles. The van der Waals surface area contributed by atoms with Gasteiger partial charge in [0.1, 0.15) is 0 Å². The third-order valence-electron chi connectivity index (χ3n) is 4.47. The van der Waals surface area contributed by atoms with Crippen LogP contribution >= 0.6 is 0 Å². The number of benzene rings is 2. The Morgan fingerprint density at radius 2 is 1.73 bits per heavy atom. The third kappa shape index (κ3) is 1.51. The molecule has 1 aliphatic heterocycles. The van der Waals surface area contributed by atoms with Gasteiger partial charge in [-0.3, -0.25) is 0 Å². The largest absolute Gasteiger partial charge is 0.371 e. The van der Waals surface area contributed by atoms with Crippen molar-refractivity contribution in [2.75, 3.05) is 5.32 Å². The van der Waals surface area contributed by atoms with Crippen LogP contribution in [0.1, 0.15) is 17.3 Å². The van der Waals surface area contributed by atoms with E-state index < -0.39 is 0 Å². The predicted molar refractivity (Wildman–Crippen MR) is 89.5 cm³/mol. The Kier molecular flexibility index (Phi) is 2.27. The molecule has 1 unspecified atom stereocenters. The summed E-state index contributed by atoms with van der Waals surface area (Å²) in [5.74, 6) is 0. The van der Waals surface area contributed by atoms with Gasteiger partial charge in [0, 0.05) is 34.6 Å². The zero-order valence-electron chi connectivity index (χ0n) is 12.0. The first kappa shape index (κ1) is 11.7. The Balaban J connectivity index is 1.75. The average molecular weight is 285 g/mol. The molecule has 0 saturated heterocycles. The highest BCUT2D eigenvalue weighted by Crippen LogP contribution is 2.38. The Morgan fingerprint density at radius 1 is 0.864 bits per heavy atom. The van der Waals surface area contributed by atoms with Crippen molar-refractivity contribution in [1.29, 1.82) is 0 Å². The van der Waals surface area contributed by atoms with Crippen molar-refractivity contribution < 1.29 is 0 Å². The summed E-state index contributed by atoms with van der Waals surface area (Å²) < 4.78 is 2.28. The molecule has 2 aromatic carbocycles. The van der Waals surface area contributed by atoms with Gasteiger partial charge in [0.25, 0.3) is 0 Å². The molecule has 0 bridgehead atoms. The van der Waals surface area contributed by atoms with Gasteiger partial charge in [-0.2, -0.15) is 0 Å². The van der Waals surface area contributed by atoms with Gasteiger partial charge >= 0.3 is 0 Å². The van der Waals surface area contributed by atoms with E-state index in [1.807, 2.05) is 0 Å². The zero-order valence-corrected chi connectivity index (χ0v) is 12.0. The Bertz CT molecular complexity index is 977. The molecular weight excluding hydrogens is 270 g/mol. The Morgan fingerprint density at radius 3 is 2.73 bits per heavy atom. The monoisotopic (exact) mass is 285 g/mol. The summed E-state index contributed by atoms with van der Waals surface area (Å²) in [4.78, 5) is 3.38. The van der Waals surface area contributed by atoms with Gasteiger partial charge in [0.15, 0.2) is 0 Å². The van der Waals surface area contributed by atoms with Crippen LogP contribution in [0, 0.1) is 0 Å². The number of hydrogen-bond donors (Lipinski definition) is 2. The summed E-state index contributed by atoms with van der Waals surface area (Å²) in [5, 5.41) is 4.96. The highest BCUT2D eigenvalue weighted by molar-refractivity contribution is 5.85. The fraction of sp³-hybridized carbons (Fsp3) is 0.0526. The number of para-hydroxylation sites is 3. The van der Waals surface area contributed by atoms with Crippen molar-refractivity contribution in [2.45, 2.75) is 6.04 Å². The number of nitrogens with zero attached hydrogens (tertiary/aromatic N) is 1. The van der Waals surface area contributed by atoms with Crippen LogP contribution in [0.5, 0.6) is 0 Å². The second kappa shape index (κ2) is 4.28. The lowest BCUT2D eigenvalue weighted by Gasteiger charge is -2.29. The molecule has 1 aliphatic rings. The molecule has 2 aromatic heterocycles. The van der Waals surface area contributed by atoms with Crippen LogP contribution in [0.25, 0.3) is 16.6 Å². The zero-order chi connectivity index (χ0) is 14.5. The van der Waals surface area contributed by atoms with Crippen molar-refractivity contribution in [3.05, 3.63) is 84.3 Å². The number of nitrogens with one attached hydrogen (secondary N) is 2. The molecule has 0 radical (unpaired) electrons. The van der Waals surface area contributed by atoms with Crippen molar-refractivity contribution in [3.8, 4) is 5.69 Å². The summed E-state index contributed by atoms with van der Waals surface area (Å²) >= 11 is 0. The molecule has 0 spiro atoms. The maximum atomic E-state index is 3.69. The predicted octanol–water partition coefficient (Wildman–Crippen LogP) is 4.47. The molecule has 0 fully saturated rings. The number of H-pyrrole nitrogens is 1. The minimum absolute atomic E-state index is 0.154. The maximum absolute atomic E-state index is 3.69. The van der Waals surface area contributed by atoms with E-state index in [2.05, 4.69) is 87.9 Å². The molecule has 22 heavy (non-hydrogen) atoms. The highest BCUT2D eigenvalue weighted by atomic mass is 15.1. The van der Waals surface area contributed by atoms with Crippen molar-refractivity contribution in [2.24, 2.45) is 0 Å². The van der Waals surface area contributed by atoms with Crippen LogP contribution in [-0.4, -0.2) is 9.55 Å². The summed E-state index contributed by atoms with van der Waals surface area (Å²) in [6.07, 6.45) is 4.25. The van der Waals surface area contributed by atoms with Gasteiger partial charge in [-0.1, -0.05) is 30.3 Å². The molecule has 4 aromatic rings. The van der Waals surface area contributed by atoms with E-state index in [1.54, 1.807) is 0 Å². The lowest BCUT2D eigenvalue weighted by atomic mass is 10.00. The van der Waals surface area contributed by atoms with Crippen molar-refractivity contribution >= 4 is 16.6 Å². The number of anilines is 1. The van der Waals surface area contributed by atoms with E-state index in [9.17, 15) is 0 Å². The summed E-state index contributed by atoms with van der Waals surface area (Å²) in [7, 11) is 0. The first-order valence-corrected chi connectivity index (χ1v) is 7.51. The van der Waals surface area contributed by atoms with E-state index in [0.29, 0.717) is 0 Å². The third-order valence-corrected chi connectivity index (χ3v) is 4.47. The van der Waals surface area contributed by atoms with Crippen LogP contribution in [0.4, 0.5) is 5.69 Å². The molecule has 1 atom stereocenters. The van der Waals surface area contributed by atoms with Gasteiger partial charge in [-0.05, 0) is 30.3 Å². The smallest absolute Gasteiger partial charge is 0.0944 e. The second-order valence-electron chi connectivity index (χ2n) is 5.69. The van der Waals surface area contributed by atoms with Crippen LogP contribution in [-0.2, 0) is 0 Å². The summed E-state index contributed by atoms with van der Waals surface area (Å²) in [5.41, 5.74) is 6.10. The van der Waals surface area contributed by atoms with E-state index in [0.717, 1.165) is 0 Å². The molecule has 3 nitrogen and oxygen atoms in total. The standard InChI is InChI=1S/C19H15N3/c1-2-7-15-13(6-1)14(12-20-15)19-18-10-5-11-22(18)17-9-4-3-8-16(17)21-19/h1-12,19-21H. The second-order valence-corrected chi connectivity index (χ2v) is 5.69. The van der Waals surface area contributed by atoms with Gasteiger partial charge in [-0.25, -0.2) is 0 Å². The minimum atomic E-state index is 0.154. The molecule has 0 amide bonds. The lowest BCUT2D eigenvalue weighted by Crippen LogP contribution is -2.21. The van der Waals surface area contributed by atoms with E-state index in [1.165, 1.54) is 33.5 Å². The molecule has 3 heteroatoms. The van der Waals surface area contributed by atoms with Gasteiger partial charge in [-0.15, -0.1) is 0 Å². The van der Waals surface area contributed by atoms with Crippen molar-refractivity contribution in [3.63, 3.8) is 0 Å². The van der Waals surface area contributed by atoms with Crippen LogP contribution < -0.4 is 5.32 Å². The van der Waals surface area contributed by atoms with Gasteiger partial charge < -0.3 is 14.9 Å². The molecule has 3 heterocycles. The van der Waals surface area contributed by atoms with E-state index in [4.69, 9.17) is 0 Å². The highest BCUT2D eigenvalue weighted by Gasteiger charge is 2.26. The number of aromatic nitrogens is 2. The van der Waals surface area contributed by atoms with Gasteiger partial charge in [0.05, 0.1) is 17.4 Å². The minimum Gasteiger partial charge on any atom is -0.371 e. The number of rotatable bonds is 1. The topological polar surface area (TPSA) is 32.8 Å². The summed E-state index contributed by atoms with van der Waals surface area (Å²) in [6.45, 7) is 0. The van der Waals surface area contributed by atoms with E-state index >= 15 is 0 Å². The Labute approximate surface area is 128 Å². The van der Waals surface area contributed by atoms with Crippen molar-refractivity contribution in [1.82, 2.24) is 9.55 Å². The number of fused-ring (bicyclic) bond motifs is 4. The summed E-state index contributed by atoms with van der Waals surface area (Å²) in [6, 6.07) is 21.4. The van der Waals surface area contributed by atoms with Crippen LogP contribution in [0.2, 0.25) is 0 Å². The Hall–Kier alpha value is -2.94. The van der Waals surface area contributed by atoms with Crippen LogP contribution in [0.3, 0.4) is 0 Å². The number of hydrogen-bond acceptors (Lipinski definition) is 1. The van der Waals surface area contributed by atoms with Gasteiger partial charge in [0.2, 0.25) is 0 Å².